The molecule has 1 saturated carbocycles. The molecule has 1 N–H and O–H groups in total. The lowest BCUT2D eigenvalue weighted by Crippen LogP contribution is -2.12. The summed E-state index contributed by atoms with van der Waals surface area (Å²) < 4.78 is 23.8. The van der Waals surface area contributed by atoms with Crippen molar-refractivity contribution < 1.29 is 23.8 Å². The molecule has 1 aliphatic carbocycles. The van der Waals surface area contributed by atoms with Crippen molar-refractivity contribution >= 4 is 5.97 Å². The van der Waals surface area contributed by atoms with Crippen LogP contribution in [0, 0.1) is 11.7 Å². The summed E-state index contributed by atoms with van der Waals surface area (Å²) in [5, 5.41) is 8.74. The van der Waals surface area contributed by atoms with Gasteiger partial charge >= 0.3 is 5.97 Å². The van der Waals surface area contributed by atoms with Crippen molar-refractivity contribution in [1.29, 1.82) is 0 Å². The second kappa shape index (κ2) is 14.4. The Bertz CT molecular complexity index is 785. The molecule has 0 aromatic heterocycles. The van der Waals surface area contributed by atoms with Gasteiger partial charge in [0.15, 0.2) is 0 Å². The number of halogens is 1. The van der Waals surface area contributed by atoms with Crippen molar-refractivity contribution in [1.82, 2.24) is 0 Å². The van der Waals surface area contributed by atoms with Gasteiger partial charge in [0.1, 0.15) is 17.3 Å². The molecule has 172 valence electrons. The van der Waals surface area contributed by atoms with Gasteiger partial charge in [-0.25, -0.2) is 4.39 Å². The van der Waals surface area contributed by atoms with E-state index < -0.39 is 5.97 Å². The molecule has 0 aliphatic heterocycles. The van der Waals surface area contributed by atoms with Crippen molar-refractivity contribution in [3.05, 3.63) is 59.4 Å². The van der Waals surface area contributed by atoms with Crippen molar-refractivity contribution in [2.45, 2.75) is 65.2 Å². The molecule has 0 bridgehead atoms. The van der Waals surface area contributed by atoms with E-state index in [4.69, 9.17) is 14.6 Å². The number of benzene rings is 2. The third-order valence-electron chi connectivity index (χ3n) is 5.35. The average Bonchev–Trinajstić information content (AvgIpc) is 2.81. The van der Waals surface area contributed by atoms with Crippen molar-refractivity contribution in [2.24, 2.45) is 5.92 Å². The van der Waals surface area contributed by atoms with Crippen molar-refractivity contribution in [2.75, 3.05) is 14.2 Å². The van der Waals surface area contributed by atoms with Gasteiger partial charge < -0.3 is 14.6 Å². The van der Waals surface area contributed by atoms with E-state index in [9.17, 15) is 9.18 Å². The molecule has 0 spiro atoms. The van der Waals surface area contributed by atoms with Gasteiger partial charge in [0.05, 0.1) is 20.1 Å². The molecule has 0 heterocycles. The number of hydrogen-bond acceptors (Lipinski definition) is 3. The highest BCUT2D eigenvalue weighted by Gasteiger charge is 2.19. The first-order valence-corrected chi connectivity index (χ1v) is 11.1. The minimum atomic E-state index is -0.771. The second-order valence-corrected chi connectivity index (χ2v) is 7.52. The van der Waals surface area contributed by atoms with E-state index in [1.54, 1.807) is 27.2 Å². The quantitative estimate of drug-likeness (QED) is 0.541. The molecule has 3 rings (SSSR count). The number of carboxylic acids is 1. The fourth-order valence-corrected chi connectivity index (χ4v) is 3.62. The maximum atomic E-state index is 13.6. The van der Waals surface area contributed by atoms with Gasteiger partial charge in [-0.2, -0.15) is 0 Å². The molecule has 5 heteroatoms. The second-order valence-electron chi connectivity index (χ2n) is 7.52. The van der Waals surface area contributed by atoms with E-state index in [0.29, 0.717) is 12.3 Å². The Balaban J connectivity index is 0.000000288. The van der Waals surface area contributed by atoms with Crippen LogP contribution in [0.25, 0.3) is 0 Å². The Morgan fingerprint density at radius 1 is 1.03 bits per heavy atom. The number of carbonyl (C=O) groups is 1. The first-order chi connectivity index (χ1) is 14.9. The van der Waals surface area contributed by atoms with Crippen LogP contribution < -0.4 is 9.47 Å². The average molecular weight is 433 g/mol. The first-order valence-electron chi connectivity index (χ1n) is 11.1. The molecule has 31 heavy (non-hydrogen) atoms. The zero-order valence-corrected chi connectivity index (χ0v) is 19.5. The van der Waals surface area contributed by atoms with Gasteiger partial charge in [-0.05, 0) is 66.6 Å². The molecule has 1 fully saturated rings. The molecule has 4 nitrogen and oxygen atoms in total. The minimum absolute atomic E-state index is 0.0808. The molecule has 2 aromatic carbocycles. The van der Waals surface area contributed by atoms with Crippen molar-refractivity contribution in [3.63, 3.8) is 0 Å². The summed E-state index contributed by atoms with van der Waals surface area (Å²) >= 11 is 0. The number of hydrogen-bond donors (Lipinski definition) is 1. The normalized spacial score (nSPS) is 14.3. The largest absolute Gasteiger partial charge is 0.497 e. The number of methoxy groups -OCH3 is 2. The van der Waals surface area contributed by atoms with Crippen LogP contribution in [-0.4, -0.2) is 25.3 Å². The van der Waals surface area contributed by atoms with Crippen LogP contribution in [0.4, 0.5) is 4.39 Å². The number of carboxylic acid groups (broad SMARTS) is 1. The maximum Gasteiger partial charge on any atom is 0.306 e. The molecule has 0 radical (unpaired) electrons. The van der Waals surface area contributed by atoms with Crippen LogP contribution in [0.15, 0.2) is 42.5 Å². The summed E-state index contributed by atoms with van der Waals surface area (Å²) in [5.41, 5.74) is 1.83. The number of ether oxygens (including phenoxy) is 2. The molecule has 1 aliphatic rings. The molecule has 1 atom stereocenters. The zero-order chi connectivity index (χ0) is 23.2. The third kappa shape index (κ3) is 8.99. The topological polar surface area (TPSA) is 55.8 Å². The fourth-order valence-electron chi connectivity index (χ4n) is 3.62. The third-order valence-corrected chi connectivity index (χ3v) is 5.35. The van der Waals surface area contributed by atoms with Crippen LogP contribution in [0.1, 0.15) is 69.9 Å². The van der Waals surface area contributed by atoms with E-state index in [2.05, 4.69) is 0 Å². The van der Waals surface area contributed by atoms with Gasteiger partial charge in [-0.3, -0.25) is 4.79 Å². The number of rotatable bonds is 6. The Morgan fingerprint density at radius 2 is 1.65 bits per heavy atom. The lowest BCUT2D eigenvalue weighted by molar-refractivity contribution is -0.141. The lowest BCUT2D eigenvalue weighted by Gasteiger charge is -2.22. The lowest BCUT2D eigenvalue weighted by atomic mass is 9.84. The zero-order valence-electron chi connectivity index (χ0n) is 19.5. The Morgan fingerprint density at radius 3 is 2.23 bits per heavy atom. The van der Waals surface area contributed by atoms with E-state index >= 15 is 0 Å². The van der Waals surface area contributed by atoms with Crippen LogP contribution in [0.3, 0.4) is 0 Å². The van der Waals surface area contributed by atoms with E-state index in [1.165, 1.54) is 25.3 Å². The van der Waals surface area contributed by atoms with Crippen LogP contribution in [0.2, 0.25) is 0 Å². The summed E-state index contributed by atoms with van der Waals surface area (Å²) in [4.78, 5) is 10.6. The Labute approximate surface area is 186 Å². The Kier molecular flexibility index (Phi) is 12.3. The SMILES string of the molecule is CC.COc1ccc(F)c(C2CCCCC2)c1.COc1cccc(CC(C)C(=O)O)c1. The molecule has 0 amide bonds. The highest BCUT2D eigenvalue weighted by atomic mass is 19.1. The van der Waals surface area contributed by atoms with Gasteiger partial charge in [-0.1, -0.05) is 52.2 Å². The molecule has 1 unspecified atom stereocenters. The van der Waals surface area contributed by atoms with E-state index in [-0.39, 0.29) is 11.7 Å². The Hall–Kier alpha value is -2.56. The summed E-state index contributed by atoms with van der Waals surface area (Å²) in [6.45, 7) is 5.70. The first kappa shape index (κ1) is 26.5. The monoisotopic (exact) mass is 432 g/mol. The van der Waals surface area contributed by atoms with E-state index in [0.717, 1.165) is 35.5 Å². The highest BCUT2D eigenvalue weighted by molar-refractivity contribution is 5.69. The molecule has 2 aromatic rings. The van der Waals surface area contributed by atoms with Crippen LogP contribution >= 0.6 is 0 Å². The van der Waals surface area contributed by atoms with E-state index in [1.807, 2.05) is 44.2 Å². The fraction of sp³-hybridized carbons (Fsp3) is 0.500. The smallest absolute Gasteiger partial charge is 0.306 e. The van der Waals surface area contributed by atoms with Gasteiger partial charge in [0, 0.05) is 0 Å². The summed E-state index contributed by atoms with van der Waals surface area (Å²) in [5.74, 6) is 0.712. The predicted molar refractivity (Wildman–Crippen MR) is 124 cm³/mol. The van der Waals surface area contributed by atoms with Crippen LogP contribution in [0.5, 0.6) is 11.5 Å². The molecule has 0 saturated heterocycles. The summed E-state index contributed by atoms with van der Waals surface area (Å²) in [6.07, 6.45) is 6.51. The van der Waals surface area contributed by atoms with Crippen molar-refractivity contribution in [3.8, 4) is 11.5 Å². The van der Waals surface area contributed by atoms with Gasteiger partial charge in [0.25, 0.3) is 0 Å². The summed E-state index contributed by atoms with van der Waals surface area (Å²) in [6, 6.07) is 12.5. The molecular weight excluding hydrogens is 395 g/mol. The predicted octanol–water partition coefficient (Wildman–Crippen LogP) is 6.87. The van der Waals surface area contributed by atoms with Gasteiger partial charge in [-0.15, -0.1) is 0 Å². The minimum Gasteiger partial charge on any atom is -0.497 e. The highest BCUT2D eigenvalue weighted by Crippen LogP contribution is 2.35. The van der Waals surface area contributed by atoms with Gasteiger partial charge in [0.2, 0.25) is 0 Å². The maximum absolute atomic E-state index is 13.6. The van der Waals surface area contributed by atoms with Crippen LogP contribution in [-0.2, 0) is 11.2 Å². The number of aliphatic carboxylic acids is 1. The standard InChI is InChI=1S/C13H17FO.C11H14O3.C2H6/c1-15-11-7-8-13(14)12(9-11)10-5-3-2-4-6-10;1-8(11(12)13)6-9-4-3-5-10(7-9)14-2;1-2/h7-10H,2-6H2,1H3;3-5,7-8H,6H2,1-2H3,(H,12,13);1-2H3. The molecular formula is C26H37FO4. The summed E-state index contributed by atoms with van der Waals surface area (Å²) in [7, 11) is 3.22.